The number of allylic oxidation sites excluding steroid dienone is 1. The van der Waals surface area contributed by atoms with Crippen molar-refractivity contribution in [3.8, 4) is 0 Å². The first-order valence-corrected chi connectivity index (χ1v) is 7.34. The summed E-state index contributed by atoms with van der Waals surface area (Å²) in [5.74, 6) is 0. The molecule has 104 valence electrons. The van der Waals surface area contributed by atoms with Crippen LogP contribution >= 0.6 is 23.2 Å². The summed E-state index contributed by atoms with van der Waals surface area (Å²) < 4.78 is 0. The Morgan fingerprint density at radius 3 is 1.85 bits per heavy atom. The molecule has 0 saturated carbocycles. The van der Waals surface area contributed by atoms with Gasteiger partial charge >= 0.3 is 0 Å². The van der Waals surface area contributed by atoms with Crippen molar-refractivity contribution in [1.29, 1.82) is 0 Å². The summed E-state index contributed by atoms with van der Waals surface area (Å²) in [5, 5.41) is 1.51. The Morgan fingerprint density at radius 1 is 0.900 bits per heavy atom. The molecular formula is C18H18Cl2. The van der Waals surface area contributed by atoms with Gasteiger partial charge in [0.25, 0.3) is 0 Å². The van der Waals surface area contributed by atoms with Crippen molar-refractivity contribution < 1.29 is 0 Å². The summed E-state index contributed by atoms with van der Waals surface area (Å²) in [6, 6.07) is 15.9. The number of halogens is 2. The van der Waals surface area contributed by atoms with Crippen molar-refractivity contribution in [2.75, 3.05) is 0 Å². The van der Waals surface area contributed by atoms with E-state index in [0.717, 1.165) is 27.6 Å². The molecule has 0 radical (unpaired) electrons. The Balaban J connectivity index is 2.17. The molecule has 2 heteroatoms. The van der Waals surface area contributed by atoms with E-state index in [9.17, 15) is 0 Å². The highest BCUT2D eigenvalue weighted by Gasteiger charge is 2.22. The average Bonchev–Trinajstić information content (AvgIpc) is 2.39. The predicted octanol–water partition coefficient (Wildman–Crippen LogP) is 6.37. The topological polar surface area (TPSA) is 0 Å². The summed E-state index contributed by atoms with van der Waals surface area (Å²) in [7, 11) is 0. The number of hydrogen-bond acceptors (Lipinski definition) is 0. The molecule has 0 aliphatic heterocycles. The molecule has 0 unspecified atom stereocenters. The van der Waals surface area contributed by atoms with Crippen molar-refractivity contribution in [3.63, 3.8) is 0 Å². The maximum absolute atomic E-state index is 5.95. The van der Waals surface area contributed by atoms with E-state index in [1.807, 2.05) is 36.4 Å². The summed E-state index contributed by atoms with van der Waals surface area (Å²) >= 11 is 11.9. The minimum atomic E-state index is 0.0152. The van der Waals surface area contributed by atoms with Gasteiger partial charge in [-0.05, 0) is 52.8 Å². The van der Waals surface area contributed by atoms with Gasteiger partial charge in [0.1, 0.15) is 0 Å². The van der Waals surface area contributed by atoms with Crippen LogP contribution in [-0.4, -0.2) is 0 Å². The Bertz CT molecular complexity index is 592. The normalized spacial score (nSPS) is 11.4. The molecular weight excluding hydrogens is 287 g/mol. The molecule has 0 aliphatic carbocycles. The van der Waals surface area contributed by atoms with Crippen LogP contribution in [0.3, 0.4) is 0 Å². The van der Waals surface area contributed by atoms with E-state index in [-0.39, 0.29) is 5.41 Å². The van der Waals surface area contributed by atoms with Crippen LogP contribution in [0.4, 0.5) is 0 Å². The Hall–Kier alpha value is -1.24. The van der Waals surface area contributed by atoms with Crippen LogP contribution < -0.4 is 0 Å². The molecule has 0 fully saturated rings. The molecule has 0 atom stereocenters. The van der Waals surface area contributed by atoms with Gasteiger partial charge < -0.3 is 0 Å². The van der Waals surface area contributed by atoms with E-state index in [1.165, 1.54) is 5.56 Å². The molecule has 0 spiro atoms. The maximum Gasteiger partial charge on any atom is 0.0406 e. The summed E-state index contributed by atoms with van der Waals surface area (Å²) in [4.78, 5) is 0. The number of hydrogen-bond donors (Lipinski definition) is 0. The monoisotopic (exact) mass is 304 g/mol. The van der Waals surface area contributed by atoms with Crippen LogP contribution in [0.25, 0.3) is 5.57 Å². The minimum Gasteiger partial charge on any atom is -0.0952 e. The molecule has 0 heterocycles. The third-order valence-corrected chi connectivity index (χ3v) is 4.04. The quantitative estimate of drug-likeness (QED) is 0.615. The first-order chi connectivity index (χ1) is 9.38. The summed E-state index contributed by atoms with van der Waals surface area (Å²) in [6.45, 7) is 8.65. The lowest BCUT2D eigenvalue weighted by Crippen LogP contribution is -2.17. The fourth-order valence-electron chi connectivity index (χ4n) is 2.32. The van der Waals surface area contributed by atoms with Crippen LogP contribution in [0.1, 0.15) is 31.4 Å². The van der Waals surface area contributed by atoms with Gasteiger partial charge in [0.15, 0.2) is 0 Å². The van der Waals surface area contributed by atoms with E-state index in [2.05, 4.69) is 32.6 Å². The van der Waals surface area contributed by atoms with Crippen molar-refractivity contribution in [2.24, 2.45) is 0 Å². The van der Waals surface area contributed by atoms with Gasteiger partial charge in [-0.1, -0.05) is 67.9 Å². The van der Waals surface area contributed by atoms with Crippen molar-refractivity contribution in [1.82, 2.24) is 0 Å². The molecule has 0 saturated heterocycles. The molecule has 2 aromatic carbocycles. The van der Waals surface area contributed by atoms with E-state index >= 15 is 0 Å². The second kappa shape index (κ2) is 6.03. The predicted molar refractivity (Wildman–Crippen MR) is 89.6 cm³/mol. The first-order valence-electron chi connectivity index (χ1n) is 6.58. The molecule has 0 amide bonds. The largest absolute Gasteiger partial charge is 0.0952 e. The van der Waals surface area contributed by atoms with Crippen LogP contribution in [0.15, 0.2) is 55.1 Å². The molecule has 2 rings (SSSR count). The zero-order valence-electron chi connectivity index (χ0n) is 11.8. The van der Waals surface area contributed by atoms with Crippen molar-refractivity contribution >= 4 is 28.8 Å². The third kappa shape index (κ3) is 3.65. The van der Waals surface area contributed by atoms with Crippen LogP contribution in [-0.2, 0) is 5.41 Å². The van der Waals surface area contributed by atoms with Crippen LogP contribution in [0.2, 0.25) is 10.0 Å². The van der Waals surface area contributed by atoms with Gasteiger partial charge in [-0.25, -0.2) is 0 Å². The van der Waals surface area contributed by atoms with E-state index in [1.54, 1.807) is 0 Å². The zero-order chi connectivity index (χ0) is 14.8. The summed E-state index contributed by atoms with van der Waals surface area (Å²) in [6.07, 6.45) is 0.885. The highest BCUT2D eigenvalue weighted by molar-refractivity contribution is 6.30. The summed E-state index contributed by atoms with van der Waals surface area (Å²) in [5.41, 5.74) is 3.52. The average molecular weight is 305 g/mol. The van der Waals surface area contributed by atoms with E-state index in [4.69, 9.17) is 23.2 Å². The maximum atomic E-state index is 5.95. The van der Waals surface area contributed by atoms with Gasteiger partial charge in [-0.15, -0.1) is 0 Å². The molecule has 0 nitrogen and oxygen atoms in total. The van der Waals surface area contributed by atoms with Crippen LogP contribution in [0.5, 0.6) is 0 Å². The molecule has 0 N–H and O–H groups in total. The van der Waals surface area contributed by atoms with Gasteiger partial charge in [-0.2, -0.15) is 0 Å². The number of rotatable bonds is 4. The third-order valence-electron chi connectivity index (χ3n) is 3.53. The fraction of sp³-hybridized carbons (Fsp3) is 0.222. The Morgan fingerprint density at radius 2 is 1.35 bits per heavy atom. The fourth-order valence-corrected chi connectivity index (χ4v) is 2.58. The second-order valence-electron chi connectivity index (χ2n) is 5.68. The lowest BCUT2D eigenvalue weighted by atomic mass is 9.78. The lowest BCUT2D eigenvalue weighted by molar-refractivity contribution is 0.542. The molecule has 2 aromatic rings. The number of benzene rings is 2. The minimum absolute atomic E-state index is 0.0152. The van der Waals surface area contributed by atoms with E-state index in [0.29, 0.717) is 0 Å². The smallest absolute Gasteiger partial charge is 0.0406 e. The highest BCUT2D eigenvalue weighted by atomic mass is 35.5. The van der Waals surface area contributed by atoms with Gasteiger partial charge in [0.05, 0.1) is 0 Å². The van der Waals surface area contributed by atoms with Crippen LogP contribution in [0, 0.1) is 0 Å². The Kier molecular flexibility index (Phi) is 4.57. The van der Waals surface area contributed by atoms with Crippen molar-refractivity contribution in [3.05, 3.63) is 76.3 Å². The highest BCUT2D eigenvalue weighted by Crippen LogP contribution is 2.34. The van der Waals surface area contributed by atoms with Crippen molar-refractivity contribution in [2.45, 2.75) is 25.7 Å². The molecule has 20 heavy (non-hydrogen) atoms. The van der Waals surface area contributed by atoms with Gasteiger partial charge in [0, 0.05) is 10.0 Å². The van der Waals surface area contributed by atoms with E-state index < -0.39 is 0 Å². The molecule has 0 aliphatic rings. The lowest BCUT2D eigenvalue weighted by Gasteiger charge is -2.26. The second-order valence-corrected chi connectivity index (χ2v) is 6.55. The first kappa shape index (κ1) is 15.2. The molecule has 0 bridgehead atoms. The van der Waals surface area contributed by atoms with Gasteiger partial charge in [0.2, 0.25) is 0 Å². The van der Waals surface area contributed by atoms with Gasteiger partial charge in [-0.3, -0.25) is 0 Å². The SMILES string of the molecule is C=C(CC(C)(C)c1ccc(Cl)cc1)c1ccc(Cl)cc1. The molecule has 0 aromatic heterocycles. The standard InChI is InChI=1S/C18H18Cl2/c1-13(14-4-8-16(19)9-5-14)12-18(2,3)15-6-10-17(20)11-7-15/h4-11H,1,12H2,2-3H3. The zero-order valence-corrected chi connectivity index (χ0v) is 13.3. The Labute approximate surface area is 131 Å².